The molecule has 5 heteroatoms. The Morgan fingerprint density at radius 3 is 2.85 bits per heavy atom. The van der Waals surface area contributed by atoms with E-state index >= 15 is 0 Å². The van der Waals surface area contributed by atoms with Gasteiger partial charge in [-0.3, -0.25) is 5.10 Å². The molecule has 2 aromatic rings. The topological polar surface area (TPSA) is 37.9 Å². The van der Waals surface area contributed by atoms with Crippen LogP contribution < -0.4 is 4.74 Å². The number of hydrogen-bond acceptors (Lipinski definition) is 2. The lowest BCUT2D eigenvalue weighted by Crippen LogP contribution is -1.81. The third kappa shape index (κ3) is 1.34. The van der Waals surface area contributed by atoms with E-state index in [2.05, 4.69) is 10.2 Å². The first-order chi connectivity index (χ1) is 6.22. The van der Waals surface area contributed by atoms with Gasteiger partial charge in [-0.05, 0) is 12.1 Å². The minimum absolute atomic E-state index is 0.499. The van der Waals surface area contributed by atoms with E-state index in [-0.39, 0.29) is 0 Å². The van der Waals surface area contributed by atoms with Crippen molar-refractivity contribution in [3.8, 4) is 5.88 Å². The number of fused-ring (bicyclic) bond motifs is 1. The predicted molar refractivity (Wildman–Crippen MR) is 52.7 cm³/mol. The summed E-state index contributed by atoms with van der Waals surface area (Å²) in [5.41, 5.74) is 0.739. The molecular formula is C8H6Cl2N2O. The van der Waals surface area contributed by atoms with Gasteiger partial charge in [0, 0.05) is 5.02 Å². The molecule has 1 aromatic carbocycles. The number of halogens is 2. The van der Waals surface area contributed by atoms with Crippen LogP contribution in [-0.4, -0.2) is 17.3 Å². The molecule has 2 rings (SSSR count). The molecule has 0 fully saturated rings. The molecular weight excluding hydrogens is 211 g/mol. The number of hydrogen-bond donors (Lipinski definition) is 1. The van der Waals surface area contributed by atoms with Crippen molar-refractivity contribution >= 4 is 34.1 Å². The molecule has 0 atom stereocenters. The summed E-state index contributed by atoms with van der Waals surface area (Å²) in [5, 5.41) is 8.59. The Labute approximate surface area is 84.6 Å². The zero-order valence-electron chi connectivity index (χ0n) is 6.77. The summed E-state index contributed by atoms with van der Waals surface area (Å²) in [7, 11) is 1.55. The maximum atomic E-state index is 5.92. The third-order valence-corrected chi connectivity index (χ3v) is 2.26. The molecule has 1 aromatic heterocycles. The van der Waals surface area contributed by atoms with Crippen LogP contribution in [0.2, 0.25) is 10.0 Å². The number of benzene rings is 1. The zero-order chi connectivity index (χ0) is 9.42. The summed E-state index contributed by atoms with van der Waals surface area (Å²) in [4.78, 5) is 0. The van der Waals surface area contributed by atoms with Crippen molar-refractivity contribution in [1.82, 2.24) is 10.2 Å². The molecule has 13 heavy (non-hydrogen) atoms. The molecule has 0 unspecified atom stereocenters. The molecule has 0 aliphatic carbocycles. The Balaban J connectivity index is 2.82. The van der Waals surface area contributed by atoms with Crippen molar-refractivity contribution in [1.29, 1.82) is 0 Å². The number of nitrogens with zero attached hydrogens (tertiary/aromatic N) is 1. The average molecular weight is 217 g/mol. The van der Waals surface area contributed by atoms with Crippen LogP contribution in [0.1, 0.15) is 0 Å². The average Bonchev–Trinajstić information content (AvgIpc) is 2.47. The van der Waals surface area contributed by atoms with Gasteiger partial charge in [-0.15, -0.1) is 5.10 Å². The number of aromatic amines is 1. The van der Waals surface area contributed by atoms with Crippen molar-refractivity contribution in [2.45, 2.75) is 0 Å². The molecule has 0 saturated carbocycles. The maximum absolute atomic E-state index is 5.92. The largest absolute Gasteiger partial charge is 0.480 e. The van der Waals surface area contributed by atoms with Crippen LogP contribution in [0.4, 0.5) is 0 Å². The van der Waals surface area contributed by atoms with Gasteiger partial charge >= 0.3 is 0 Å². The Morgan fingerprint density at radius 1 is 1.38 bits per heavy atom. The zero-order valence-corrected chi connectivity index (χ0v) is 8.28. The van der Waals surface area contributed by atoms with Gasteiger partial charge < -0.3 is 4.74 Å². The van der Waals surface area contributed by atoms with Gasteiger partial charge in [0.25, 0.3) is 0 Å². The van der Waals surface area contributed by atoms with Crippen molar-refractivity contribution in [2.75, 3.05) is 7.11 Å². The molecule has 0 aliphatic rings. The quantitative estimate of drug-likeness (QED) is 0.797. The summed E-state index contributed by atoms with van der Waals surface area (Å²) in [5.74, 6) is 0.499. The minimum Gasteiger partial charge on any atom is -0.480 e. The summed E-state index contributed by atoms with van der Waals surface area (Å²) in [6.45, 7) is 0. The van der Waals surface area contributed by atoms with E-state index in [1.54, 1.807) is 19.2 Å². The number of H-pyrrole nitrogens is 1. The smallest absolute Gasteiger partial charge is 0.240 e. The first-order valence-corrected chi connectivity index (χ1v) is 4.35. The number of rotatable bonds is 1. The van der Waals surface area contributed by atoms with Crippen molar-refractivity contribution in [3.05, 3.63) is 22.2 Å². The molecule has 0 spiro atoms. The van der Waals surface area contributed by atoms with Crippen LogP contribution >= 0.6 is 23.2 Å². The molecule has 0 saturated heterocycles. The number of nitrogens with one attached hydrogen (secondary N) is 1. The van der Waals surface area contributed by atoms with Gasteiger partial charge in [-0.25, -0.2) is 0 Å². The monoisotopic (exact) mass is 216 g/mol. The van der Waals surface area contributed by atoms with E-state index in [0.717, 1.165) is 10.9 Å². The van der Waals surface area contributed by atoms with Crippen molar-refractivity contribution < 1.29 is 4.74 Å². The lowest BCUT2D eigenvalue weighted by Gasteiger charge is -1.96. The van der Waals surface area contributed by atoms with Crippen LogP contribution in [0.25, 0.3) is 10.9 Å². The first-order valence-electron chi connectivity index (χ1n) is 3.59. The fourth-order valence-corrected chi connectivity index (χ4v) is 1.71. The molecule has 0 radical (unpaired) electrons. The third-order valence-electron chi connectivity index (χ3n) is 1.75. The fraction of sp³-hybridized carbons (Fsp3) is 0.125. The SMILES string of the molecule is COc1n[nH]c2c(Cl)cc(Cl)cc12. The van der Waals surface area contributed by atoms with Crippen molar-refractivity contribution in [2.24, 2.45) is 0 Å². The highest BCUT2D eigenvalue weighted by Crippen LogP contribution is 2.31. The predicted octanol–water partition coefficient (Wildman–Crippen LogP) is 2.88. The molecule has 0 amide bonds. The lowest BCUT2D eigenvalue weighted by molar-refractivity contribution is 0.401. The highest BCUT2D eigenvalue weighted by atomic mass is 35.5. The van der Waals surface area contributed by atoms with E-state index in [4.69, 9.17) is 27.9 Å². The van der Waals surface area contributed by atoms with Gasteiger partial charge in [0.15, 0.2) is 0 Å². The maximum Gasteiger partial charge on any atom is 0.240 e. The van der Waals surface area contributed by atoms with Gasteiger partial charge in [-0.2, -0.15) is 0 Å². The van der Waals surface area contributed by atoms with E-state index in [1.165, 1.54) is 0 Å². The molecule has 1 heterocycles. The van der Waals surface area contributed by atoms with Gasteiger partial charge in [0.2, 0.25) is 5.88 Å². The number of aromatic nitrogens is 2. The number of methoxy groups -OCH3 is 1. The van der Waals surface area contributed by atoms with E-state index in [0.29, 0.717) is 15.9 Å². The Bertz CT molecular complexity index is 453. The molecule has 0 aliphatic heterocycles. The summed E-state index contributed by atoms with van der Waals surface area (Å²) in [6.07, 6.45) is 0. The minimum atomic E-state index is 0.499. The van der Waals surface area contributed by atoms with Crippen LogP contribution in [0.15, 0.2) is 12.1 Å². The molecule has 0 bridgehead atoms. The van der Waals surface area contributed by atoms with E-state index < -0.39 is 0 Å². The normalized spacial score (nSPS) is 10.7. The highest BCUT2D eigenvalue weighted by Gasteiger charge is 2.09. The first kappa shape index (κ1) is 8.66. The standard InChI is InChI=1S/C8H6Cl2N2O/c1-13-8-5-2-4(9)3-6(10)7(5)11-12-8/h2-3H,1H3,(H,11,12). The number of ether oxygens (including phenoxy) is 1. The summed E-state index contributed by atoms with van der Waals surface area (Å²) in [6, 6.07) is 3.41. The lowest BCUT2D eigenvalue weighted by atomic mass is 10.2. The van der Waals surface area contributed by atoms with Crippen LogP contribution in [-0.2, 0) is 0 Å². The second kappa shape index (κ2) is 3.09. The second-order valence-corrected chi connectivity index (χ2v) is 3.39. The van der Waals surface area contributed by atoms with E-state index in [9.17, 15) is 0 Å². The second-order valence-electron chi connectivity index (χ2n) is 2.54. The van der Waals surface area contributed by atoms with Gasteiger partial charge in [0.1, 0.15) is 0 Å². The Morgan fingerprint density at radius 2 is 2.15 bits per heavy atom. The van der Waals surface area contributed by atoms with Crippen LogP contribution in [0.5, 0.6) is 5.88 Å². The Hall–Kier alpha value is -0.930. The molecule has 3 nitrogen and oxygen atoms in total. The van der Waals surface area contributed by atoms with Crippen LogP contribution in [0, 0.1) is 0 Å². The van der Waals surface area contributed by atoms with Crippen LogP contribution in [0.3, 0.4) is 0 Å². The highest BCUT2D eigenvalue weighted by molar-refractivity contribution is 6.38. The molecule has 1 N–H and O–H groups in total. The van der Waals surface area contributed by atoms with E-state index in [1.807, 2.05) is 0 Å². The summed E-state index contributed by atoms with van der Waals surface area (Å²) >= 11 is 11.7. The summed E-state index contributed by atoms with van der Waals surface area (Å²) < 4.78 is 5.02. The molecule has 68 valence electrons. The Kier molecular flexibility index (Phi) is 2.06. The van der Waals surface area contributed by atoms with Gasteiger partial charge in [-0.1, -0.05) is 23.2 Å². The van der Waals surface area contributed by atoms with Crippen molar-refractivity contribution in [3.63, 3.8) is 0 Å². The fourth-order valence-electron chi connectivity index (χ4n) is 1.18. The van der Waals surface area contributed by atoms with Gasteiger partial charge in [0.05, 0.1) is 23.0 Å².